The van der Waals surface area contributed by atoms with Crippen molar-refractivity contribution in [2.45, 2.75) is 20.0 Å². The molecule has 0 spiro atoms. The molecule has 0 N–H and O–H groups in total. The number of hydrogen-bond acceptors (Lipinski definition) is 3. The Balaban J connectivity index is 1.87. The van der Waals surface area contributed by atoms with Crippen LogP contribution in [0.2, 0.25) is 0 Å². The van der Waals surface area contributed by atoms with Gasteiger partial charge in [-0.3, -0.25) is 4.90 Å². The highest BCUT2D eigenvalue weighted by molar-refractivity contribution is 5.80. The van der Waals surface area contributed by atoms with E-state index in [1.54, 1.807) is 18.0 Å². The Morgan fingerprint density at radius 3 is 2.36 bits per heavy atom. The van der Waals surface area contributed by atoms with Crippen LogP contribution in [-0.4, -0.2) is 11.9 Å². The predicted molar refractivity (Wildman–Crippen MR) is 88.7 cm³/mol. The smallest absolute Gasteiger partial charge is 0.336 e. The highest BCUT2D eigenvalue weighted by Gasteiger charge is 2.13. The second kappa shape index (κ2) is 6.72. The van der Waals surface area contributed by atoms with Gasteiger partial charge in [-0.2, -0.15) is 0 Å². The fourth-order valence-electron chi connectivity index (χ4n) is 2.83. The lowest BCUT2D eigenvalue weighted by Gasteiger charge is -2.18. The number of aryl methyl sites for hydroxylation is 1. The molecule has 2 aromatic carbocycles. The third kappa shape index (κ3) is 3.74. The largest absolute Gasteiger partial charge is 0.423 e. The average Bonchev–Trinajstić information content (AvgIpc) is 2.51. The number of halogens is 3. The molecule has 0 saturated carbocycles. The number of hydrogen-bond donors (Lipinski definition) is 0. The topological polar surface area (TPSA) is 33.5 Å². The molecule has 1 aromatic heterocycles. The summed E-state index contributed by atoms with van der Waals surface area (Å²) in [5, 5.41) is 0.800. The molecule has 0 unspecified atom stereocenters. The van der Waals surface area contributed by atoms with Gasteiger partial charge in [0.05, 0.1) is 0 Å². The fraction of sp³-hybridized carbons (Fsp3) is 0.211. The molecule has 0 aliphatic carbocycles. The molecule has 3 aromatic rings. The van der Waals surface area contributed by atoms with Crippen LogP contribution in [0.4, 0.5) is 13.2 Å². The standard InChI is InChI=1S/C19H16F3NO2/c1-11-3-4-14-13(8-18(24)25-17(14)5-11)10-23(2)9-12-6-15(20)19(22)16(21)7-12/h3-8H,9-10H2,1-2H3. The van der Waals surface area contributed by atoms with Gasteiger partial charge < -0.3 is 4.42 Å². The van der Waals surface area contributed by atoms with Gasteiger partial charge in [0.1, 0.15) is 5.58 Å². The van der Waals surface area contributed by atoms with Crippen molar-refractivity contribution in [3.05, 3.63) is 81.0 Å². The molecule has 0 bridgehead atoms. The molecular weight excluding hydrogens is 331 g/mol. The zero-order chi connectivity index (χ0) is 18.1. The van der Waals surface area contributed by atoms with Crippen LogP contribution in [0.25, 0.3) is 11.0 Å². The molecule has 6 heteroatoms. The summed E-state index contributed by atoms with van der Waals surface area (Å²) in [4.78, 5) is 13.5. The zero-order valence-electron chi connectivity index (χ0n) is 13.8. The van der Waals surface area contributed by atoms with E-state index in [4.69, 9.17) is 4.42 Å². The summed E-state index contributed by atoms with van der Waals surface area (Å²) in [5.74, 6) is -3.91. The second-order valence-corrected chi connectivity index (χ2v) is 6.14. The van der Waals surface area contributed by atoms with E-state index in [-0.39, 0.29) is 6.54 Å². The van der Waals surface area contributed by atoms with Gasteiger partial charge in [-0.05, 0) is 48.9 Å². The summed E-state index contributed by atoms with van der Waals surface area (Å²) in [6, 6.07) is 8.90. The lowest BCUT2D eigenvalue weighted by atomic mass is 10.1. The first kappa shape index (κ1) is 17.2. The lowest BCUT2D eigenvalue weighted by Crippen LogP contribution is -2.19. The maximum Gasteiger partial charge on any atom is 0.336 e. The Hall–Kier alpha value is -2.60. The molecule has 3 rings (SSSR count). The summed E-state index contributed by atoms with van der Waals surface area (Å²) >= 11 is 0. The Kier molecular flexibility index (Phi) is 4.63. The van der Waals surface area contributed by atoms with Gasteiger partial charge in [0.2, 0.25) is 0 Å². The fourth-order valence-corrected chi connectivity index (χ4v) is 2.83. The van der Waals surface area contributed by atoms with Crippen molar-refractivity contribution in [3.8, 4) is 0 Å². The second-order valence-electron chi connectivity index (χ2n) is 6.14. The van der Waals surface area contributed by atoms with Crippen LogP contribution in [0.15, 0.2) is 45.6 Å². The summed E-state index contributed by atoms with van der Waals surface area (Å²) in [5.41, 5.74) is 2.06. The average molecular weight is 347 g/mol. The molecule has 1 heterocycles. The normalized spacial score (nSPS) is 11.4. The first-order chi connectivity index (χ1) is 11.8. The van der Waals surface area contributed by atoms with Gasteiger partial charge in [-0.1, -0.05) is 12.1 Å². The van der Waals surface area contributed by atoms with Crippen LogP contribution in [0.1, 0.15) is 16.7 Å². The van der Waals surface area contributed by atoms with Crippen molar-refractivity contribution < 1.29 is 17.6 Å². The molecule has 25 heavy (non-hydrogen) atoms. The Bertz CT molecular complexity index is 975. The lowest BCUT2D eigenvalue weighted by molar-refractivity contribution is 0.317. The SMILES string of the molecule is Cc1ccc2c(CN(C)Cc3cc(F)c(F)c(F)c3)cc(=O)oc2c1. The third-order valence-electron chi connectivity index (χ3n) is 3.92. The number of rotatable bonds is 4. The van der Waals surface area contributed by atoms with E-state index in [9.17, 15) is 18.0 Å². The van der Waals surface area contributed by atoms with E-state index in [1.165, 1.54) is 6.07 Å². The van der Waals surface area contributed by atoms with Gasteiger partial charge in [0, 0.05) is 24.5 Å². The molecule has 0 aliphatic heterocycles. The minimum absolute atomic E-state index is 0.196. The predicted octanol–water partition coefficient (Wildman–Crippen LogP) is 4.15. The van der Waals surface area contributed by atoms with Gasteiger partial charge in [0.25, 0.3) is 0 Å². The summed E-state index contributed by atoms with van der Waals surface area (Å²) in [6.45, 7) is 2.46. The van der Waals surface area contributed by atoms with Crippen LogP contribution in [0.5, 0.6) is 0 Å². The molecule has 0 radical (unpaired) electrons. The minimum Gasteiger partial charge on any atom is -0.423 e. The van der Waals surface area contributed by atoms with Crippen LogP contribution < -0.4 is 5.63 Å². The first-order valence-electron chi connectivity index (χ1n) is 7.69. The van der Waals surface area contributed by atoms with Crippen molar-refractivity contribution in [2.24, 2.45) is 0 Å². The van der Waals surface area contributed by atoms with Crippen molar-refractivity contribution >= 4 is 11.0 Å². The van der Waals surface area contributed by atoms with E-state index in [0.717, 1.165) is 28.6 Å². The molecule has 130 valence electrons. The molecule has 0 amide bonds. The van der Waals surface area contributed by atoms with Crippen LogP contribution in [0, 0.1) is 24.4 Å². The van der Waals surface area contributed by atoms with E-state index in [1.807, 2.05) is 19.1 Å². The maximum absolute atomic E-state index is 13.3. The van der Waals surface area contributed by atoms with Crippen molar-refractivity contribution in [2.75, 3.05) is 7.05 Å². The third-order valence-corrected chi connectivity index (χ3v) is 3.92. The number of benzene rings is 2. The van der Waals surface area contributed by atoms with E-state index in [2.05, 4.69) is 0 Å². The first-order valence-corrected chi connectivity index (χ1v) is 7.69. The van der Waals surface area contributed by atoms with E-state index >= 15 is 0 Å². The van der Waals surface area contributed by atoms with E-state index in [0.29, 0.717) is 17.7 Å². The van der Waals surface area contributed by atoms with Crippen molar-refractivity contribution in [3.63, 3.8) is 0 Å². The number of fused-ring (bicyclic) bond motifs is 1. The van der Waals surface area contributed by atoms with Crippen molar-refractivity contribution in [1.82, 2.24) is 4.90 Å². The Morgan fingerprint density at radius 2 is 1.68 bits per heavy atom. The Labute approximate surface area is 142 Å². The van der Waals surface area contributed by atoms with Crippen LogP contribution >= 0.6 is 0 Å². The highest BCUT2D eigenvalue weighted by atomic mass is 19.2. The van der Waals surface area contributed by atoms with Gasteiger partial charge >= 0.3 is 5.63 Å². The monoisotopic (exact) mass is 347 g/mol. The van der Waals surface area contributed by atoms with Gasteiger partial charge in [-0.25, -0.2) is 18.0 Å². The molecule has 0 fully saturated rings. The highest BCUT2D eigenvalue weighted by Crippen LogP contribution is 2.21. The zero-order valence-corrected chi connectivity index (χ0v) is 13.8. The Morgan fingerprint density at radius 1 is 1.00 bits per heavy atom. The van der Waals surface area contributed by atoms with Crippen LogP contribution in [0.3, 0.4) is 0 Å². The quantitative estimate of drug-likeness (QED) is 0.525. The molecule has 0 saturated heterocycles. The van der Waals surface area contributed by atoms with Gasteiger partial charge in [-0.15, -0.1) is 0 Å². The van der Waals surface area contributed by atoms with E-state index < -0.39 is 23.1 Å². The molecule has 0 atom stereocenters. The molecule has 3 nitrogen and oxygen atoms in total. The summed E-state index contributed by atoms with van der Waals surface area (Å²) in [6.07, 6.45) is 0. The summed E-state index contributed by atoms with van der Waals surface area (Å²) in [7, 11) is 1.74. The molecular formula is C19H16F3NO2. The number of nitrogens with zero attached hydrogens (tertiary/aromatic N) is 1. The van der Waals surface area contributed by atoms with Gasteiger partial charge in [0.15, 0.2) is 17.5 Å². The van der Waals surface area contributed by atoms with Crippen LogP contribution in [-0.2, 0) is 13.1 Å². The van der Waals surface area contributed by atoms with Crippen molar-refractivity contribution in [1.29, 1.82) is 0 Å². The summed E-state index contributed by atoms with van der Waals surface area (Å²) < 4.78 is 44.9. The minimum atomic E-state index is -1.48. The maximum atomic E-state index is 13.3. The molecule has 0 aliphatic rings.